The minimum Gasteiger partial charge on any atom is -0.491 e. The van der Waals surface area contributed by atoms with E-state index >= 15 is 0 Å². The Morgan fingerprint density at radius 2 is 1.97 bits per heavy atom. The van der Waals surface area contributed by atoms with Crippen LogP contribution in [0.1, 0.15) is 42.1 Å². The second-order valence-corrected chi connectivity index (χ2v) is 7.11. The first-order valence-corrected chi connectivity index (χ1v) is 9.80. The molecule has 6 nitrogen and oxygen atoms in total. The third kappa shape index (κ3) is 6.10. The highest BCUT2D eigenvalue weighted by Gasteiger charge is 2.26. The first-order valence-electron chi connectivity index (χ1n) is 9.80. The first-order chi connectivity index (χ1) is 14.4. The fourth-order valence-electron chi connectivity index (χ4n) is 3.14. The largest absolute Gasteiger partial charge is 0.491 e. The number of hydrogen-bond donors (Lipinski definition) is 2. The number of benzene rings is 2. The van der Waals surface area contributed by atoms with Crippen LogP contribution in [0.5, 0.6) is 5.75 Å². The molecule has 0 radical (unpaired) electrons. The second-order valence-electron chi connectivity index (χ2n) is 7.11. The average Bonchev–Trinajstić information content (AvgIpc) is 2.72. The van der Waals surface area contributed by atoms with Crippen LogP contribution in [-0.4, -0.2) is 31.4 Å². The van der Waals surface area contributed by atoms with E-state index in [1.807, 2.05) is 26.0 Å². The number of aliphatic carboxylic acids is 1. The third-order valence-corrected chi connectivity index (χ3v) is 4.57. The molecular formula is C24H28N2O4. The predicted octanol–water partition coefficient (Wildman–Crippen LogP) is 4.50. The van der Waals surface area contributed by atoms with Gasteiger partial charge in [-0.1, -0.05) is 25.1 Å². The Kier molecular flexibility index (Phi) is 8.45. The van der Waals surface area contributed by atoms with Crippen molar-refractivity contribution in [1.82, 2.24) is 0 Å². The van der Waals surface area contributed by atoms with Crippen LogP contribution in [0, 0.1) is 11.3 Å². The maximum atomic E-state index is 12.2. The van der Waals surface area contributed by atoms with Crippen LogP contribution in [0.3, 0.4) is 0 Å². The van der Waals surface area contributed by atoms with Gasteiger partial charge in [0.15, 0.2) is 6.04 Å². The van der Waals surface area contributed by atoms with Crippen molar-refractivity contribution in [2.24, 2.45) is 0 Å². The number of hydrogen-bond acceptors (Lipinski definition) is 5. The number of allylic oxidation sites excluding steroid dienone is 1. The Labute approximate surface area is 177 Å². The van der Waals surface area contributed by atoms with Gasteiger partial charge in [0, 0.05) is 18.4 Å². The van der Waals surface area contributed by atoms with Crippen LogP contribution < -0.4 is 10.1 Å². The molecule has 2 rings (SSSR count). The van der Waals surface area contributed by atoms with Gasteiger partial charge >= 0.3 is 5.97 Å². The Balaban J connectivity index is 2.54. The zero-order valence-electron chi connectivity index (χ0n) is 17.7. The molecule has 2 aromatic carbocycles. The lowest BCUT2D eigenvalue weighted by molar-refractivity contribution is -0.138. The highest BCUT2D eigenvalue weighted by atomic mass is 16.5. The quantitative estimate of drug-likeness (QED) is 0.420. The summed E-state index contributed by atoms with van der Waals surface area (Å²) in [6, 6.07) is 11.6. The highest BCUT2D eigenvalue weighted by Crippen LogP contribution is 2.35. The van der Waals surface area contributed by atoms with Crippen LogP contribution in [-0.2, 0) is 22.4 Å². The number of nitrogens with zero attached hydrogens (tertiary/aromatic N) is 1. The topological polar surface area (TPSA) is 91.6 Å². The molecule has 0 heterocycles. The summed E-state index contributed by atoms with van der Waals surface area (Å²) < 4.78 is 11.1. The minimum atomic E-state index is -1.02. The number of ether oxygens (including phenoxy) is 2. The molecule has 0 bridgehead atoms. The van der Waals surface area contributed by atoms with E-state index in [4.69, 9.17) is 14.7 Å². The highest BCUT2D eigenvalue weighted by molar-refractivity contribution is 5.81. The van der Waals surface area contributed by atoms with E-state index in [2.05, 4.69) is 18.0 Å². The van der Waals surface area contributed by atoms with Gasteiger partial charge in [-0.25, -0.2) is 4.79 Å². The maximum Gasteiger partial charge on any atom is 0.330 e. The molecule has 0 aliphatic rings. The Hall–Kier alpha value is -3.30. The molecule has 30 heavy (non-hydrogen) atoms. The summed E-state index contributed by atoms with van der Waals surface area (Å²) in [5.74, 6) is -0.480. The molecule has 0 aromatic heterocycles. The van der Waals surface area contributed by atoms with E-state index in [1.165, 1.54) is 0 Å². The number of nitrogens with one attached hydrogen (secondary N) is 1. The Morgan fingerprint density at radius 1 is 1.27 bits per heavy atom. The van der Waals surface area contributed by atoms with Crippen molar-refractivity contribution in [3.63, 3.8) is 0 Å². The monoisotopic (exact) mass is 408 g/mol. The van der Waals surface area contributed by atoms with Crippen LogP contribution in [0.25, 0.3) is 0 Å². The van der Waals surface area contributed by atoms with Gasteiger partial charge in [-0.3, -0.25) is 0 Å². The SMILES string of the molecule is C=C(C)Cc1cc(CC)cc(C(Nc2ccc(C#N)cc2)C(=O)O)c1OCCOC. The zero-order chi connectivity index (χ0) is 22.1. The molecule has 2 aromatic rings. The van der Waals surface area contributed by atoms with Crippen molar-refractivity contribution in [2.75, 3.05) is 25.6 Å². The van der Waals surface area contributed by atoms with Crippen LogP contribution >= 0.6 is 0 Å². The number of rotatable bonds is 11. The lowest BCUT2D eigenvalue weighted by Gasteiger charge is -2.23. The summed E-state index contributed by atoms with van der Waals surface area (Å²) in [4.78, 5) is 12.2. The number of carboxylic acids is 1. The number of anilines is 1. The number of carboxylic acid groups (broad SMARTS) is 1. The molecule has 0 spiro atoms. The first kappa shape index (κ1) is 23.0. The summed E-state index contributed by atoms with van der Waals surface area (Å²) in [6.07, 6.45) is 1.35. The number of nitriles is 1. The Bertz CT molecular complexity index is 929. The molecular weight excluding hydrogens is 380 g/mol. The molecule has 0 fully saturated rings. The molecule has 1 atom stereocenters. The van der Waals surface area contributed by atoms with E-state index in [0.29, 0.717) is 42.2 Å². The van der Waals surface area contributed by atoms with Crippen molar-refractivity contribution >= 4 is 11.7 Å². The maximum absolute atomic E-state index is 12.2. The molecule has 1 unspecified atom stereocenters. The summed E-state index contributed by atoms with van der Waals surface area (Å²) in [5.41, 5.74) is 4.55. The molecule has 0 amide bonds. The predicted molar refractivity (Wildman–Crippen MR) is 117 cm³/mol. The Morgan fingerprint density at radius 3 is 2.50 bits per heavy atom. The smallest absolute Gasteiger partial charge is 0.330 e. The number of aryl methyl sites for hydroxylation is 1. The van der Waals surface area contributed by atoms with Crippen molar-refractivity contribution < 1.29 is 19.4 Å². The molecule has 2 N–H and O–H groups in total. The van der Waals surface area contributed by atoms with Crippen molar-refractivity contribution in [1.29, 1.82) is 5.26 Å². The summed E-state index contributed by atoms with van der Waals surface area (Å²) in [5, 5.41) is 22.1. The van der Waals surface area contributed by atoms with E-state index < -0.39 is 12.0 Å². The van der Waals surface area contributed by atoms with Gasteiger partial charge in [0.25, 0.3) is 0 Å². The normalized spacial score (nSPS) is 11.4. The van der Waals surface area contributed by atoms with Gasteiger partial charge in [0.05, 0.1) is 18.2 Å². The fourth-order valence-corrected chi connectivity index (χ4v) is 3.14. The zero-order valence-corrected chi connectivity index (χ0v) is 17.7. The van der Waals surface area contributed by atoms with E-state index in [1.54, 1.807) is 31.4 Å². The number of carbonyl (C=O) groups is 1. The van der Waals surface area contributed by atoms with Gasteiger partial charge < -0.3 is 19.9 Å². The van der Waals surface area contributed by atoms with Crippen LogP contribution in [0.15, 0.2) is 48.6 Å². The van der Waals surface area contributed by atoms with Gasteiger partial charge in [-0.05, 0) is 61.2 Å². The second kappa shape index (κ2) is 11.0. The number of methoxy groups -OCH3 is 1. The molecule has 0 aliphatic carbocycles. The van der Waals surface area contributed by atoms with Crippen molar-refractivity contribution in [2.45, 2.75) is 32.7 Å². The summed E-state index contributed by atoms with van der Waals surface area (Å²) in [7, 11) is 1.59. The molecule has 0 saturated heterocycles. The third-order valence-electron chi connectivity index (χ3n) is 4.57. The average molecular weight is 408 g/mol. The summed E-state index contributed by atoms with van der Waals surface area (Å²) >= 11 is 0. The van der Waals surface area contributed by atoms with Gasteiger partial charge in [0.1, 0.15) is 12.4 Å². The lowest BCUT2D eigenvalue weighted by atomic mass is 9.94. The lowest BCUT2D eigenvalue weighted by Crippen LogP contribution is -2.22. The molecule has 0 aliphatic heterocycles. The fraction of sp³-hybridized carbons (Fsp3) is 0.333. The van der Waals surface area contributed by atoms with E-state index in [9.17, 15) is 9.90 Å². The molecule has 158 valence electrons. The van der Waals surface area contributed by atoms with Gasteiger partial charge in [-0.15, -0.1) is 0 Å². The van der Waals surface area contributed by atoms with Crippen molar-refractivity contribution in [3.8, 4) is 11.8 Å². The minimum absolute atomic E-state index is 0.307. The van der Waals surface area contributed by atoms with Crippen molar-refractivity contribution in [3.05, 3.63) is 70.8 Å². The van der Waals surface area contributed by atoms with Crippen LogP contribution in [0.4, 0.5) is 5.69 Å². The van der Waals surface area contributed by atoms with Crippen LogP contribution in [0.2, 0.25) is 0 Å². The molecule has 0 saturated carbocycles. The van der Waals surface area contributed by atoms with E-state index in [-0.39, 0.29) is 0 Å². The standard InChI is InChI=1S/C24H28N2O4/c1-5-17-13-19(12-16(2)3)23(30-11-10-29-4)21(14-17)22(24(27)28)26-20-8-6-18(15-25)7-9-20/h6-9,13-14,22,26H,2,5,10-12H2,1,3-4H3,(H,27,28). The molecule has 6 heteroatoms. The van der Waals surface area contributed by atoms with Gasteiger partial charge in [0.2, 0.25) is 0 Å². The summed E-state index contributed by atoms with van der Waals surface area (Å²) in [6.45, 7) is 8.65. The van der Waals surface area contributed by atoms with Gasteiger partial charge in [-0.2, -0.15) is 5.26 Å². The van der Waals surface area contributed by atoms with E-state index in [0.717, 1.165) is 23.1 Å².